The van der Waals surface area contributed by atoms with E-state index in [9.17, 15) is 19.3 Å². The summed E-state index contributed by atoms with van der Waals surface area (Å²) in [6.45, 7) is 0.232. The van der Waals surface area contributed by atoms with Crippen molar-refractivity contribution >= 4 is 11.8 Å². The average Bonchev–Trinajstić information content (AvgIpc) is 2.64. The Morgan fingerprint density at radius 1 is 1.56 bits per heavy atom. The molecule has 0 aliphatic carbocycles. The van der Waals surface area contributed by atoms with Crippen LogP contribution < -0.4 is 5.32 Å². The zero-order valence-corrected chi connectivity index (χ0v) is 7.97. The third-order valence-corrected chi connectivity index (χ3v) is 2.22. The molecule has 1 atom stereocenters. The number of hydrogen-bond acceptors (Lipinski definition) is 4. The Morgan fingerprint density at radius 2 is 2.31 bits per heavy atom. The van der Waals surface area contributed by atoms with Gasteiger partial charge in [0.25, 0.3) is 0 Å². The Bertz CT molecular complexity index is 463. The molecule has 1 unspecified atom stereocenters. The van der Waals surface area contributed by atoms with E-state index in [0.717, 1.165) is 12.1 Å². The van der Waals surface area contributed by atoms with Gasteiger partial charge >= 0.3 is 11.8 Å². The van der Waals surface area contributed by atoms with Crippen LogP contribution in [0.15, 0.2) is 18.2 Å². The monoisotopic (exact) mass is 226 g/mol. The highest BCUT2D eigenvalue weighted by molar-refractivity contribution is 5.69. The van der Waals surface area contributed by atoms with Gasteiger partial charge in [-0.1, -0.05) is 0 Å². The van der Waals surface area contributed by atoms with Crippen molar-refractivity contribution in [3.8, 4) is 0 Å². The molecular formula is C9H7FN2O4. The fraction of sp³-hybridized carbons (Fsp3) is 0.222. The fourth-order valence-corrected chi connectivity index (χ4v) is 1.45. The summed E-state index contributed by atoms with van der Waals surface area (Å²) in [4.78, 5) is 20.3. The van der Waals surface area contributed by atoms with E-state index in [2.05, 4.69) is 5.32 Å². The van der Waals surface area contributed by atoms with Gasteiger partial charge in [-0.15, -0.1) is 0 Å². The van der Waals surface area contributed by atoms with Crippen LogP contribution in [-0.2, 0) is 4.74 Å². The number of nitro groups is 1. The Labute approximate surface area is 89.2 Å². The summed E-state index contributed by atoms with van der Waals surface area (Å²) in [6, 6.07) is 3.42. The molecule has 6 nitrogen and oxygen atoms in total. The maximum atomic E-state index is 13.2. The number of cyclic esters (lactones) is 1. The number of nitro benzene ring substituents is 1. The molecule has 0 bridgehead atoms. The molecule has 1 fully saturated rings. The molecule has 1 N–H and O–H groups in total. The summed E-state index contributed by atoms with van der Waals surface area (Å²) in [5.74, 6) is -0.939. The molecule has 7 heteroatoms. The number of benzene rings is 1. The maximum absolute atomic E-state index is 13.2. The minimum Gasteiger partial charge on any atom is -0.439 e. The van der Waals surface area contributed by atoms with Gasteiger partial charge in [0.05, 0.1) is 11.5 Å². The number of nitrogens with one attached hydrogen (secondary N) is 1. The Hall–Kier alpha value is -2.18. The SMILES string of the molecule is O=C1NCC(c2ccc([N+](=O)[O-])c(F)c2)O1. The third kappa shape index (κ3) is 1.79. The van der Waals surface area contributed by atoms with E-state index in [0.29, 0.717) is 5.56 Å². The number of amides is 1. The standard InChI is InChI=1S/C9H7FN2O4/c10-6-3-5(1-2-7(6)12(14)15)8-4-11-9(13)16-8/h1-3,8H,4H2,(H,11,13). The molecular weight excluding hydrogens is 219 g/mol. The van der Waals surface area contributed by atoms with Gasteiger partial charge in [0.1, 0.15) is 6.10 Å². The van der Waals surface area contributed by atoms with Crippen LogP contribution in [0.2, 0.25) is 0 Å². The van der Waals surface area contributed by atoms with Gasteiger partial charge < -0.3 is 10.1 Å². The largest absolute Gasteiger partial charge is 0.439 e. The number of nitrogens with zero attached hydrogens (tertiary/aromatic N) is 1. The summed E-state index contributed by atoms with van der Waals surface area (Å²) >= 11 is 0. The highest BCUT2D eigenvalue weighted by Crippen LogP contribution is 2.25. The van der Waals surface area contributed by atoms with Crippen LogP contribution in [0.1, 0.15) is 11.7 Å². The predicted octanol–water partition coefficient (Wildman–Crippen LogP) is 1.51. The van der Waals surface area contributed by atoms with Crippen LogP contribution in [0.3, 0.4) is 0 Å². The van der Waals surface area contributed by atoms with Crippen molar-refractivity contribution in [2.75, 3.05) is 6.54 Å². The van der Waals surface area contributed by atoms with Crippen molar-refractivity contribution in [3.05, 3.63) is 39.7 Å². The minimum atomic E-state index is -0.939. The normalized spacial score (nSPS) is 19.1. The van der Waals surface area contributed by atoms with Gasteiger partial charge in [-0.05, 0) is 17.7 Å². The second-order valence-electron chi connectivity index (χ2n) is 3.24. The second-order valence-corrected chi connectivity index (χ2v) is 3.24. The van der Waals surface area contributed by atoms with Crippen LogP contribution in [-0.4, -0.2) is 17.6 Å². The third-order valence-electron chi connectivity index (χ3n) is 2.22. The van der Waals surface area contributed by atoms with Crippen LogP contribution in [0.5, 0.6) is 0 Å². The first kappa shape index (κ1) is 10.3. The van der Waals surface area contributed by atoms with Crippen LogP contribution in [0.25, 0.3) is 0 Å². The molecule has 0 radical (unpaired) electrons. The van der Waals surface area contributed by atoms with Crippen LogP contribution in [0, 0.1) is 15.9 Å². The summed E-state index contributed by atoms with van der Waals surface area (Å²) in [5.41, 5.74) is -0.206. The van der Waals surface area contributed by atoms with Crippen molar-refractivity contribution in [1.29, 1.82) is 0 Å². The van der Waals surface area contributed by atoms with Crippen LogP contribution >= 0.6 is 0 Å². The molecule has 84 valence electrons. The van der Waals surface area contributed by atoms with Gasteiger partial charge in [-0.3, -0.25) is 10.1 Å². The first-order valence-corrected chi connectivity index (χ1v) is 4.46. The lowest BCUT2D eigenvalue weighted by atomic mass is 10.1. The van der Waals surface area contributed by atoms with E-state index in [1.807, 2.05) is 0 Å². The van der Waals surface area contributed by atoms with Crippen molar-refractivity contribution < 1.29 is 18.8 Å². The molecule has 1 aliphatic heterocycles. The van der Waals surface area contributed by atoms with Crippen LogP contribution in [0.4, 0.5) is 14.9 Å². The van der Waals surface area contributed by atoms with Crippen molar-refractivity contribution in [2.24, 2.45) is 0 Å². The van der Waals surface area contributed by atoms with E-state index in [-0.39, 0.29) is 6.54 Å². The molecule has 1 aliphatic rings. The molecule has 1 heterocycles. The molecule has 0 saturated carbocycles. The van der Waals surface area contributed by atoms with E-state index in [1.54, 1.807) is 0 Å². The number of carbonyl (C=O) groups is 1. The highest BCUT2D eigenvalue weighted by Gasteiger charge is 2.26. The van der Waals surface area contributed by atoms with Gasteiger partial charge in [-0.25, -0.2) is 4.79 Å². The number of halogens is 1. The number of carbonyl (C=O) groups excluding carboxylic acids is 1. The maximum Gasteiger partial charge on any atom is 0.407 e. The zero-order valence-electron chi connectivity index (χ0n) is 7.97. The summed E-state index contributed by atoms with van der Waals surface area (Å²) < 4.78 is 18.1. The molecule has 2 rings (SSSR count). The summed E-state index contributed by atoms with van der Waals surface area (Å²) in [5, 5.41) is 12.8. The highest BCUT2D eigenvalue weighted by atomic mass is 19.1. The lowest BCUT2D eigenvalue weighted by Crippen LogP contribution is -2.12. The van der Waals surface area contributed by atoms with Crippen molar-refractivity contribution in [3.63, 3.8) is 0 Å². The van der Waals surface area contributed by atoms with Gasteiger partial charge in [0.15, 0.2) is 0 Å². The van der Waals surface area contributed by atoms with Gasteiger partial charge in [0, 0.05) is 6.07 Å². The molecule has 0 aromatic heterocycles. The topological polar surface area (TPSA) is 81.5 Å². The van der Waals surface area contributed by atoms with Crippen molar-refractivity contribution in [1.82, 2.24) is 5.32 Å². The predicted molar refractivity (Wildman–Crippen MR) is 50.3 cm³/mol. The Morgan fingerprint density at radius 3 is 2.81 bits per heavy atom. The zero-order chi connectivity index (χ0) is 11.7. The summed E-state index contributed by atoms with van der Waals surface area (Å²) in [7, 11) is 0. The molecule has 16 heavy (non-hydrogen) atoms. The van der Waals surface area contributed by atoms with E-state index in [1.165, 1.54) is 6.07 Å². The van der Waals surface area contributed by atoms with Gasteiger partial charge in [0.2, 0.25) is 5.82 Å². The lowest BCUT2D eigenvalue weighted by molar-refractivity contribution is -0.387. The Kier molecular flexibility index (Phi) is 2.43. The quantitative estimate of drug-likeness (QED) is 0.612. The van der Waals surface area contributed by atoms with Gasteiger partial charge in [-0.2, -0.15) is 4.39 Å². The molecule has 0 spiro atoms. The molecule has 1 aromatic carbocycles. The fourth-order valence-electron chi connectivity index (χ4n) is 1.45. The number of hydrogen-bond donors (Lipinski definition) is 1. The molecule has 1 saturated heterocycles. The smallest absolute Gasteiger partial charge is 0.407 e. The average molecular weight is 226 g/mol. The Balaban J connectivity index is 2.27. The molecule has 1 amide bonds. The first-order chi connectivity index (χ1) is 7.58. The van der Waals surface area contributed by atoms with E-state index >= 15 is 0 Å². The number of alkyl carbamates (subject to hydrolysis) is 1. The van der Waals surface area contributed by atoms with Crippen molar-refractivity contribution in [2.45, 2.75) is 6.10 Å². The molecule has 1 aromatic rings. The summed E-state index contributed by atoms with van der Waals surface area (Å²) in [6.07, 6.45) is -1.17. The van der Waals surface area contributed by atoms with E-state index < -0.39 is 28.6 Å². The number of ether oxygens (including phenoxy) is 1. The lowest BCUT2D eigenvalue weighted by Gasteiger charge is -2.07. The first-order valence-electron chi connectivity index (χ1n) is 4.46. The van der Waals surface area contributed by atoms with E-state index in [4.69, 9.17) is 4.74 Å². The minimum absolute atomic E-state index is 0.232. The second kappa shape index (κ2) is 3.76. The number of rotatable bonds is 2.